The maximum absolute atomic E-state index is 5.47. The van der Waals surface area contributed by atoms with E-state index in [1.807, 2.05) is 6.92 Å². The molecule has 2 heterocycles. The molecule has 1 unspecified atom stereocenters. The van der Waals surface area contributed by atoms with E-state index in [0.717, 1.165) is 56.2 Å². The van der Waals surface area contributed by atoms with E-state index in [0.29, 0.717) is 6.04 Å². The molecule has 0 radical (unpaired) electrons. The highest BCUT2D eigenvalue weighted by atomic mass is 16.5. The Hall–Kier alpha value is -1.36. The van der Waals surface area contributed by atoms with Crippen molar-refractivity contribution in [3.63, 3.8) is 0 Å². The predicted octanol–water partition coefficient (Wildman–Crippen LogP) is 2.20. The van der Waals surface area contributed by atoms with E-state index in [1.54, 1.807) is 6.33 Å². The van der Waals surface area contributed by atoms with Crippen molar-refractivity contribution in [2.24, 2.45) is 0 Å². The average molecular weight is 250 g/mol. The van der Waals surface area contributed by atoms with Crippen LogP contribution in [-0.2, 0) is 4.74 Å². The second-order valence-corrected chi connectivity index (χ2v) is 4.68. The molecule has 0 bridgehead atoms. The van der Waals surface area contributed by atoms with Crippen LogP contribution in [0.15, 0.2) is 6.33 Å². The molecule has 0 spiro atoms. The van der Waals surface area contributed by atoms with Gasteiger partial charge in [-0.25, -0.2) is 9.97 Å². The molecule has 1 saturated heterocycles. The number of aromatic nitrogens is 2. The lowest BCUT2D eigenvalue weighted by atomic mass is 10.1. The average Bonchev–Trinajstić information content (AvgIpc) is 2.41. The molecule has 2 rings (SSSR count). The lowest BCUT2D eigenvalue weighted by Crippen LogP contribution is -2.30. The van der Waals surface area contributed by atoms with Gasteiger partial charge in [0, 0.05) is 18.7 Å². The van der Waals surface area contributed by atoms with Crippen LogP contribution in [0.1, 0.15) is 31.7 Å². The van der Waals surface area contributed by atoms with Crippen molar-refractivity contribution >= 4 is 11.6 Å². The van der Waals surface area contributed by atoms with Crippen molar-refractivity contribution in [2.75, 3.05) is 30.4 Å². The number of ether oxygens (including phenoxy) is 1. The van der Waals surface area contributed by atoms with Crippen LogP contribution in [0.4, 0.5) is 11.6 Å². The van der Waals surface area contributed by atoms with Crippen LogP contribution in [-0.4, -0.2) is 35.8 Å². The van der Waals surface area contributed by atoms with Crippen LogP contribution in [0.25, 0.3) is 0 Å². The standard InChI is InChI=1S/C13H22N4O/c1-3-6-14-12-10(2)13(16-9-15-12)17-11-5-4-7-18-8-11/h9,11H,3-8H2,1-2H3,(H2,14,15,16,17). The van der Waals surface area contributed by atoms with Crippen molar-refractivity contribution in [1.29, 1.82) is 0 Å². The molecule has 1 atom stereocenters. The van der Waals surface area contributed by atoms with Crippen LogP contribution in [0.2, 0.25) is 0 Å². The van der Waals surface area contributed by atoms with Gasteiger partial charge in [0.2, 0.25) is 0 Å². The van der Waals surface area contributed by atoms with Gasteiger partial charge in [0.25, 0.3) is 0 Å². The summed E-state index contributed by atoms with van der Waals surface area (Å²) in [5, 5.41) is 6.77. The fourth-order valence-corrected chi connectivity index (χ4v) is 2.07. The summed E-state index contributed by atoms with van der Waals surface area (Å²) >= 11 is 0. The van der Waals surface area contributed by atoms with Gasteiger partial charge < -0.3 is 15.4 Å². The summed E-state index contributed by atoms with van der Waals surface area (Å²) in [4.78, 5) is 8.60. The van der Waals surface area contributed by atoms with Crippen molar-refractivity contribution in [3.8, 4) is 0 Å². The maximum Gasteiger partial charge on any atom is 0.134 e. The Bertz CT molecular complexity index is 377. The van der Waals surface area contributed by atoms with Crippen LogP contribution in [0.5, 0.6) is 0 Å². The SMILES string of the molecule is CCCNc1ncnc(NC2CCCOC2)c1C. The Balaban J connectivity index is 2.02. The van der Waals surface area contributed by atoms with Crippen molar-refractivity contribution < 1.29 is 4.74 Å². The van der Waals surface area contributed by atoms with Gasteiger partial charge >= 0.3 is 0 Å². The molecule has 100 valence electrons. The molecule has 1 aliphatic rings. The van der Waals surface area contributed by atoms with Gasteiger partial charge in [-0.1, -0.05) is 6.92 Å². The highest BCUT2D eigenvalue weighted by molar-refractivity contribution is 5.56. The largest absolute Gasteiger partial charge is 0.379 e. The zero-order valence-electron chi connectivity index (χ0n) is 11.2. The van der Waals surface area contributed by atoms with Crippen molar-refractivity contribution in [2.45, 2.75) is 39.2 Å². The van der Waals surface area contributed by atoms with E-state index in [-0.39, 0.29) is 0 Å². The Kier molecular flexibility index (Phi) is 4.75. The molecule has 1 fully saturated rings. The molecule has 5 nitrogen and oxygen atoms in total. The van der Waals surface area contributed by atoms with Gasteiger partial charge in [0.15, 0.2) is 0 Å². The smallest absolute Gasteiger partial charge is 0.134 e. The fraction of sp³-hybridized carbons (Fsp3) is 0.692. The maximum atomic E-state index is 5.47. The van der Waals surface area contributed by atoms with Crippen LogP contribution in [0, 0.1) is 6.92 Å². The second-order valence-electron chi connectivity index (χ2n) is 4.68. The molecule has 0 aliphatic carbocycles. The van der Waals surface area contributed by atoms with Crippen molar-refractivity contribution in [3.05, 3.63) is 11.9 Å². The highest BCUT2D eigenvalue weighted by Crippen LogP contribution is 2.20. The normalized spacial score (nSPS) is 19.6. The van der Waals surface area contributed by atoms with Gasteiger partial charge in [-0.2, -0.15) is 0 Å². The monoisotopic (exact) mass is 250 g/mol. The molecular formula is C13H22N4O. The summed E-state index contributed by atoms with van der Waals surface area (Å²) < 4.78 is 5.47. The summed E-state index contributed by atoms with van der Waals surface area (Å²) in [6.07, 6.45) is 4.95. The van der Waals surface area contributed by atoms with Crippen molar-refractivity contribution in [1.82, 2.24) is 9.97 Å². The first-order chi connectivity index (χ1) is 8.81. The Morgan fingerprint density at radius 1 is 1.39 bits per heavy atom. The summed E-state index contributed by atoms with van der Waals surface area (Å²) in [7, 11) is 0. The summed E-state index contributed by atoms with van der Waals surface area (Å²) in [6, 6.07) is 0.367. The molecule has 5 heteroatoms. The first kappa shape index (κ1) is 13.1. The van der Waals surface area contributed by atoms with Gasteiger partial charge in [0.05, 0.1) is 12.6 Å². The van der Waals surface area contributed by atoms with Crippen LogP contribution in [0.3, 0.4) is 0 Å². The Labute approximate surface area is 108 Å². The lowest BCUT2D eigenvalue weighted by Gasteiger charge is -2.24. The molecule has 1 aromatic heterocycles. The third-order valence-corrected chi connectivity index (χ3v) is 3.13. The lowest BCUT2D eigenvalue weighted by molar-refractivity contribution is 0.0875. The Morgan fingerprint density at radius 2 is 2.22 bits per heavy atom. The number of rotatable bonds is 5. The van der Waals surface area contributed by atoms with Gasteiger partial charge in [-0.15, -0.1) is 0 Å². The minimum absolute atomic E-state index is 0.367. The number of nitrogens with one attached hydrogen (secondary N) is 2. The highest BCUT2D eigenvalue weighted by Gasteiger charge is 2.16. The molecule has 2 N–H and O–H groups in total. The molecule has 0 amide bonds. The number of nitrogens with zero attached hydrogens (tertiary/aromatic N) is 2. The van der Waals surface area contributed by atoms with Gasteiger partial charge in [-0.05, 0) is 26.2 Å². The molecule has 0 aromatic carbocycles. The molecular weight excluding hydrogens is 228 g/mol. The quantitative estimate of drug-likeness (QED) is 0.839. The summed E-state index contributed by atoms with van der Waals surface area (Å²) in [6.45, 7) is 6.77. The minimum Gasteiger partial charge on any atom is -0.379 e. The minimum atomic E-state index is 0.367. The van der Waals surface area contributed by atoms with E-state index < -0.39 is 0 Å². The number of hydrogen-bond donors (Lipinski definition) is 2. The molecule has 1 aromatic rings. The molecule has 0 saturated carbocycles. The van der Waals surface area contributed by atoms with Gasteiger partial charge in [0.1, 0.15) is 18.0 Å². The number of hydrogen-bond acceptors (Lipinski definition) is 5. The van der Waals surface area contributed by atoms with Crippen LogP contribution < -0.4 is 10.6 Å². The van der Waals surface area contributed by atoms with E-state index in [2.05, 4.69) is 27.5 Å². The van der Waals surface area contributed by atoms with E-state index in [4.69, 9.17) is 4.74 Å². The number of anilines is 2. The predicted molar refractivity (Wildman–Crippen MR) is 73.0 cm³/mol. The topological polar surface area (TPSA) is 59.1 Å². The fourth-order valence-electron chi connectivity index (χ4n) is 2.07. The third-order valence-electron chi connectivity index (χ3n) is 3.13. The van der Waals surface area contributed by atoms with Crippen LogP contribution >= 0.6 is 0 Å². The molecule has 18 heavy (non-hydrogen) atoms. The summed E-state index contributed by atoms with van der Waals surface area (Å²) in [5.41, 5.74) is 1.08. The van der Waals surface area contributed by atoms with E-state index in [9.17, 15) is 0 Å². The van der Waals surface area contributed by atoms with Gasteiger partial charge in [-0.3, -0.25) is 0 Å². The second kappa shape index (κ2) is 6.54. The first-order valence-electron chi connectivity index (χ1n) is 6.71. The Morgan fingerprint density at radius 3 is 2.94 bits per heavy atom. The third kappa shape index (κ3) is 3.32. The zero-order valence-corrected chi connectivity index (χ0v) is 11.2. The van der Waals surface area contributed by atoms with E-state index in [1.165, 1.54) is 0 Å². The summed E-state index contributed by atoms with van der Waals surface area (Å²) in [5.74, 6) is 1.84. The molecule has 1 aliphatic heterocycles. The zero-order chi connectivity index (χ0) is 12.8. The first-order valence-corrected chi connectivity index (χ1v) is 6.71. The van der Waals surface area contributed by atoms with E-state index >= 15 is 0 Å².